The molecule has 108 valence electrons. The molecule has 3 rings (SSSR count). The summed E-state index contributed by atoms with van der Waals surface area (Å²) in [6.07, 6.45) is 0.439. The number of amides is 1. The van der Waals surface area contributed by atoms with Crippen LogP contribution in [0.25, 0.3) is 0 Å². The molecule has 0 radical (unpaired) electrons. The summed E-state index contributed by atoms with van der Waals surface area (Å²) >= 11 is 6.30. The lowest BCUT2D eigenvalue weighted by Crippen LogP contribution is -2.20. The molecule has 21 heavy (non-hydrogen) atoms. The summed E-state index contributed by atoms with van der Waals surface area (Å²) in [4.78, 5) is 13.4. The molecule has 0 saturated carbocycles. The number of fused-ring (bicyclic) bond motifs is 1. The van der Waals surface area contributed by atoms with Gasteiger partial charge in [0.2, 0.25) is 5.91 Å². The van der Waals surface area contributed by atoms with E-state index in [1.807, 2.05) is 43.3 Å². The van der Waals surface area contributed by atoms with Crippen molar-refractivity contribution >= 4 is 23.2 Å². The van der Waals surface area contributed by atoms with Crippen LogP contribution in [0.1, 0.15) is 28.3 Å². The minimum absolute atomic E-state index is 0.115. The molecule has 1 heterocycles. The maximum absolute atomic E-state index is 11.7. The van der Waals surface area contributed by atoms with Gasteiger partial charge in [0.25, 0.3) is 0 Å². The van der Waals surface area contributed by atoms with Crippen molar-refractivity contribution in [1.82, 2.24) is 0 Å². The first-order valence-electron chi connectivity index (χ1n) is 6.88. The molecule has 3 nitrogen and oxygen atoms in total. The van der Waals surface area contributed by atoms with Crippen molar-refractivity contribution in [3.63, 3.8) is 0 Å². The Balaban J connectivity index is 1.98. The Bertz CT molecular complexity index is 727. The van der Waals surface area contributed by atoms with Crippen molar-refractivity contribution in [3.05, 3.63) is 63.7 Å². The van der Waals surface area contributed by atoms with Crippen LogP contribution in [0.15, 0.2) is 36.4 Å². The van der Waals surface area contributed by atoms with E-state index in [1.54, 1.807) is 11.9 Å². The topological polar surface area (TPSA) is 46.3 Å². The van der Waals surface area contributed by atoms with Crippen LogP contribution in [0.2, 0.25) is 5.02 Å². The molecule has 4 heteroatoms. The highest BCUT2D eigenvalue weighted by atomic mass is 35.5. The number of halogens is 1. The number of rotatable bonds is 2. The van der Waals surface area contributed by atoms with E-state index in [1.165, 1.54) is 0 Å². The summed E-state index contributed by atoms with van der Waals surface area (Å²) in [6, 6.07) is 11.5. The maximum Gasteiger partial charge on any atom is 0.231 e. The standard InChI is InChI=1S/C17H17ClN2O/c1-10-3-5-13(14(18)7-10)17(19)11-4-6-15-12(8-11)9-16(21)20(15)2/h3-8,17H,9,19H2,1-2H3. The van der Waals surface area contributed by atoms with Gasteiger partial charge in [0.05, 0.1) is 12.5 Å². The van der Waals surface area contributed by atoms with Crippen molar-refractivity contribution < 1.29 is 4.79 Å². The van der Waals surface area contributed by atoms with Gasteiger partial charge < -0.3 is 10.6 Å². The van der Waals surface area contributed by atoms with E-state index < -0.39 is 0 Å². The molecule has 0 bridgehead atoms. The second-order valence-corrected chi connectivity index (χ2v) is 5.93. The lowest BCUT2D eigenvalue weighted by atomic mass is 9.96. The number of carbonyl (C=O) groups is 1. The molecule has 1 aliphatic rings. The van der Waals surface area contributed by atoms with Crippen LogP contribution in [0, 0.1) is 6.92 Å². The Kier molecular flexibility index (Phi) is 3.47. The molecule has 1 aliphatic heterocycles. The molecule has 2 aromatic rings. The first-order valence-corrected chi connectivity index (χ1v) is 7.26. The number of anilines is 1. The predicted octanol–water partition coefficient (Wildman–Crippen LogP) is 3.22. The molecule has 0 spiro atoms. The van der Waals surface area contributed by atoms with Gasteiger partial charge in [0.1, 0.15) is 0 Å². The van der Waals surface area contributed by atoms with Crippen LogP contribution in [-0.4, -0.2) is 13.0 Å². The number of nitrogens with two attached hydrogens (primary N) is 1. The lowest BCUT2D eigenvalue weighted by Gasteiger charge is -2.16. The summed E-state index contributed by atoms with van der Waals surface area (Å²) in [5.74, 6) is 0.115. The lowest BCUT2D eigenvalue weighted by molar-refractivity contribution is -0.117. The van der Waals surface area contributed by atoms with Crippen LogP contribution >= 0.6 is 11.6 Å². The molecule has 0 fully saturated rings. The summed E-state index contributed by atoms with van der Waals surface area (Å²) < 4.78 is 0. The fourth-order valence-corrected chi connectivity index (χ4v) is 3.10. The van der Waals surface area contributed by atoms with E-state index >= 15 is 0 Å². The third kappa shape index (κ3) is 2.43. The first kappa shape index (κ1) is 14.1. The maximum atomic E-state index is 11.7. The Morgan fingerprint density at radius 1 is 1.24 bits per heavy atom. The van der Waals surface area contributed by atoms with E-state index in [2.05, 4.69) is 0 Å². The van der Waals surface area contributed by atoms with Crippen molar-refractivity contribution in [2.24, 2.45) is 5.73 Å². The number of benzene rings is 2. The van der Waals surface area contributed by atoms with Gasteiger partial charge in [0, 0.05) is 17.8 Å². The second-order valence-electron chi connectivity index (χ2n) is 5.52. The van der Waals surface area contributed by atoms with Gasteiger partial charge in [-0.2, -0.15) is 0 Å². The minimum atomic E-state index is -0.288. The van der Waals surface area contributed by atoms with Crippen LogP contribution < -0.4 is 10.6 Å². The molecule has 2 aromatic carbocycles. The van der Waals surface area contributed by atoms with Crippen molar-refractivity contribution in [1.29, 1.82) is 0 Å². The zero-order valence-corrected chi connectivity index (χ0v) is 12.8. The molecular formula is C17H17ClN2O. The number of carbonyl (C=O) groups excluding carboxylic acids is 1. The molecule has 1 atom stereocenters. The van der Waals surface area contributed by atoms with Gasteiger partial charge in [-0.25, -0.2) is 0 Å². The van der Waals surface area contributed by atoms with E-state index in [4.69, 9.17) is 17.3 Å². The Hall–Kier alpha value is -1.84. The first-order chi connectivity index (χ1) is 9.97. The zero-order valence-electron chi connectivity index (χ0n) is 12.1. The summed E-state index contributed by atoms with van der Waals surface area (Å²) in [5, 5.41) is 0.677. The molecule has 0 aromatic heterocycles. The fourth-order valence-electron chi connectivity index (χ4n) is 2.75. The molecule has 1 amide bonds. The molecule has 2 N–H and O–H groups in total. The van der Waals surface area contributed by atoms with Gasteiger partial charge >= 0.3 is 0 Å². The number of likely N-dealkylation sites (N-methyl/N-ethyl adjacent to an activating group) is 1. The fraction of sp³-hybridized carbons (Fsp3) is 0.235. The van der Waals surface area contributed by atoms with Gasteiger partial charge in [-0.15, -0.1) is 0 Å². The number of hydrogen-bond donors (Lipinski definition) is 1. The Morgan fingerprint density at radius 2 is 2.00 bits per heavy atom. The summed E-state index contributed by atoms with van der Waals surface area (Å²) in [7, 11) is 1.80. The van der Waals surface area contributed by atoms with Gasteiger partial charge in [-0.05, 0) is 41.3 Å². The van der Waals surface area contributed by atoms with Gasteiger partial charge in [-0.3, -0.25) is 4.79 Å². The predicted molar refractivity (Wildman–Crippen MR) is 85.8 cm³/mol. The molecule has 0 saturated heterocycles. The largest absolute Gasteiger partial charge is 0.320 e. The van der Waals surface area contributed by atoms with Gasteiger partial charge in [0.15, 0.2) is 0 Å². The minimum Gasteiger partial charge on any atom is -0.320 e. The van der Waals surface area contributed by atoms with E-state index in [0.29, 0.717) is 11.4 Å². The van der Waals surface area contributed by atoms with E-state index in [9.17, 15) is 4.79 Å². The molecule has 0 aliphatic carbocycles. The highest BCUT2D eigenvalue weighted by Crippen LogP contribution is 2.33. The number of aryl methyl sites for hydroxylation is 1. The quantitative estimate of drug-likeness (QED) is 0.925. The van der Waals surface area contributed by atoms with E-state index in [0.717, 1.165) is 27.9 Å². The zero-order chi connectivity index (χ0) is 15.1. The highest BCUT2D eigenvalue weighted by Gasteiger charge is 2.25. The highest BCUT2D eigenvalue weighted by molar-refractivity contribution is 6.31. The third-order valence-corrected chi connectivity index (χ3v) is 4.36. The monoisotopic (exact) mass is 300 g/mol. The smallest absolute Gasteiger partial charge is 0.231 e. The molecular weight excluding hydrogens is 284 g/mol. The Labute approximate surface area is 129 Å². The van der Waals surface area contributed by atoms with Crippen LogP contribution in [0.5, 0.6) is 0 Å². The number of nitrogens with zero attached hydrogens (tertiary/aromatic N) is 1. The summed E-state index contributed by atoms with van der Waals surface area (Å²) in [6.45, 7) is 2.00. The third-order valence-electron chi connectivity index (χ3n) is 4.03. The van der Waals surface area contributed by atoms with E-state index in [-0.39, 0.29) is 11.9 Å². The second kappa shape index (κ2) is 5.17. The van der Waals surface area contributed by atoms with Crippen molar-refractivity contribution in [2.75, 3.05) is 11.9 Å². The van der Waals surface area contributed by atoms with Crippen LogP contribution in [0.4, 0.5) is 5.69 Å². The molecule has 1 unspecified atom stereocenters. The number of hydrogen-bond acceptors (Lipinski definition) is 2. The van der Waals surface area contributed by atoms with Crippen LogP contribution in [-0.2, 0) is 11.2 Å². The average Bonchev–Trinajstić information content (AvgIpc) is 2.73. The Morgan fingerprint density at radius 3 is 2.71 bits per heavy atom. The SMILES string of the molecule is Cc1ccc(C(N)c2ccc3c(c2)CC(=O)N3C)c(Cl)c1. The summed E-state index contributed by atoms with van der Waals surface area (Å²) in [5.41, 5.74) is 11.3. The van der Waals surface area contributed by atoms with Crippen molar-refractivity contribution in [2.45, 2.75) is 19.4 Å². The van der Waals surface area contributed by atoms with Gasteiger partial charge in [-0.1, -0.05) is 35.9 Å². The normalized spacial score (nSPS) is 15.2. The van der Waals surface area contributed by atoms with Crippen LogP contribution in [0.3, 0.4) is 0 Å². The van der Waals surface area contributed by atoms with Crippen molar-refractivity contribution in [3.8, 4) is 0 Å². The average molecular weight is 301 g/mol.